The SMILES string of the molecule is CC(=O)N[C@]1(C)C(=O)O[C@@H]2[C@H](CO)OC(C)(C)O[C@@H]21. The van der Waals surface area contributed by atoms with E-state index in [0.29, 0.717) is 0 Å². The molecule has 2 saturated heterocycles. The number of carbonyl (C=O) groups excluding carboxylic acids is 2. The lowest BCUT2D eigenvalue weighted by atomic mass is 9.90. The van der Waals surface area contributed by atoms with Crippen LogP contribution < -0.4 is 5.32 Å². The van der Waals surface area contributed by atoms with E-state index in [1.54, 1.807) is 20.8 Å². The maximum atomic E-state index is 12.0. The van der Waals surface area contributed by atoms with Crippen LogP contribution in [0, 0.1) is 0 Å². The molecule has 19 heavy (non-hydrogen) atoms. The fourth-order valence-electron chi connectivity index (χ4n) is 2.60. The van der Waals surface area contributed by atoms with Gasteiger partial charge in [-0.1, -0.05) is 0 Å². The Balaban J connectivity index is 2.33. The van der Waals surface area contributed by atoms with Crippen LogP contribution in [-0.2, 0) is 23.8 Å². The lowest BCUT2D eigenvalue weighted by Crippen LogP contribution is -2.64. The molecule has 4 atom stereocenters. The Hall–Kier alpha value is -1.18. The average molecular weight is 273 g/mol. The van der Waals surface area contributed by atoms with Crippen molar-refractivity contribution in [2.24, 2.45) is 0 Å². The Bertz CT molecular complexity index is 409. The lowest BCUT2D eigenvalue weighted by molar-refractivity contribution is -0.330. The molecule has 2 fully saturated rings. The van der Waals surface area contributed by atoms with Gasteiger partial charge in [0.1, 0.15) is 12.2 Å². The number of amides is 1. The highest BCUT2D eigenvalue weighted by molar-refractivity contribution is 5.89. The van der Waals surface area contributed by atoms with Crippen LogP contribution in [0.25, 0.3) is 0 Å². The number of fused-ring (bicyclic) bond motifs is 1. The molecule has 108 valence electrons. The van der Waals surface area contributed by atoms with Gasteiger partial charge in [-0.25, -0.2) is 4.79 Å². The first-order chi connectivity index (χ1) is 8.69. The summed E-state index contributed by atoms with van der Waals surface area (Å²) in [5, 5.41) is 11.9. The minimum Gasteiger partial charge on any atom is -0.455 e. The van der Waals surface area contributed by atoms with Crippen molar-refractivity contribution in [3.8, 4) is 0 Å². The van der Waals surface area contributed by atoms with E-state index in [1.807, 2.05) is 0 Å². The molecule has 0 aromatic carbocycles. The van der Waals surface area contributed by atoms with Crippen LogP contribution >= 0.6 is 0 Å². The standard InChI is InChI=1S/C12H19NO6/c1-6(15)13-12(4)9-8(17-10(12)16)7(5-14)18-11(2,3)19-9/h7-9,14H,5H2,1-4H3,(H,13,15)/t7-,8+,9-,12-/m0/s1. The summed E-state index contributed by atoms with van der Waals surface area (Å²) >= 11 is 0. The van der Waals surface area contributed by atoms with Crippen molar-refractivity contribution in [1.29, 1.82) is 0 Å². The summed E-state index contributed by atoms with van der Waals surface area (Å²) in [6.45, 7) is 5.94. The number of carbonyl (C=O) groups is 2. The second kappa shape index (κ2) is 4.43. The maximum absolute atomic E-state index is 12.0. The van der Waals surface area contributed by atoms with Gasteiger partial charge < -0.3 is 24.6 Å². The maximum Gasteiger partial charge on any atom is 0.334 e. The first-order valence-corrected chi connectivity index (χ1v) is 6.16. The second-order valence-electron chi connectivity index (χ2n) is 5.53. The van der Waals surface area contributed by atoms with Crippen molar-refractivity contribution in [3.63, 3.8) is 0 Å². The third-order valence-electron chi connectivity index (χ3n) is 3.36. The molecule has 7 nitrogen and oxygen atoms in total. The van der Waals surface area contributed by atoms with Gasteiger partial charge in [-0.15, -0.1) is 0 Å². The zero-order valence-electron chi connectivity index (χ0n) is 11.4. The van der Waals surface area contributed by atoms with Gasteiger partial charge in [0.25, 0.3) is 0 Å². The molecular weight excluding hydrogens is 254 g/mol. The molecule has 0 unspecified atom stereocenters. The van der Waals surface area contributed by atoms with E-state index in [2.05, 4.69) is 5.32 Å². The molecule has 0 aromatic heterocycles. The van der Waals surface area contributed by atoms with Crippen LogP contribution in [0.2, 0.25) is 0 Å². The predicted octanol–water partition coefficient (Wildman–Crippen LogP) is -0.681. The molecule has 0 bridgehead atoms. The molecule has 7 heteroatoms. The molecule has 2 rings (SSSR count). The predicted molar refractivity (Wildman–Crippen MR) is 63.0 cm³/mol. The molecule has 2 aliphatic rings. The van der Waals surface area contributed by atoms with Crippen LogP contribution in [0.3, 0.4) is 0 Å². The van der Waals surface area contributed by atoms with Crippen molar-refractivity contribution < 1.29 is 28.9 Å². The molecule has 0 aromatic rings. The molecule has 0 radical (unpaired) electrons. The van der Waals surface area contributed by atoms with E-state index in [0.717, 1.165) is 0 Å². The van der Waals surface area contributed by atoms with Gasteiger partial charge in [-0.3, -0.25) is 4.79 Å². The monoisotopic (exact) mass is 273 g/mol. The van der Waals surface area contributed by atoms with Gasteiger partial charge in [0.15, 0.2) is 17.4 Å². The summed E-state index contributed by atoms with van der Waals surface area (Å²) in [4.78, 5) is 23.3. The molecule has 0 aliphatic carbocycles. The Morgan fingerprint density at radius 3 is 2.53 bits per heavy atom. The summed E-state index contributed by atoms with van der Waals surface area (Å²) in [5.41, 5.74) is -1.27. The third kappa shape index (κ3) is 2.33. The summed E-state index contributed by atoms with van der Waals surface area (Å²) in [7, 11) is 0. The Kier molecular flexibility index (Phi) is 3.32. The first-order valence-electron chi connectivity index (χ1n) is 6.16. The van der Waals surface area contributed by atoms with Crippen molar-refractivity contribution >= 4 is 11.9 Å². The number of nitrogens with one attached hydrogen (secondary N) is 1. The smallest absolute Gasteiger partial charge is 0.334 e. The average Bonchev–Trinajstić information content (AvgIpc) is 2.50. The van der Waals surface area contributed by atoms with Gasteiger partial charge in [0, 0.05) is 6.92 Å². The van der Waals surface area contributed by atoms with Crippen molar-refractivity contribution in [2.75, 3.05) is 6.61 Å². The number of ether oxygens (including phenoxy) is 3. The summed E-state index contributed by atoms with van der Waals surface area (Å²) in [6.07, 6.45) is -2.11. The zero-order valence-corrected chi connectivity index (χ0v) is 11.4. The molecule has 2 aliphatic heterocycles. The van der Waals surface area contributed by atoms with Crippen LogP contribution in [0.5, 0.6) is 0 Å². The largest absolute Gasteiger partial charge is 0.455 e. The molecule has 2 heterocycles. The van der Waals surface area contributed by atoms with E-state index in [4.69, 9.17) is 14.2 Å². The minimum absolute atomic E-state index is 0.294. The van der Waals surface area contributed by atoms with Gasteiger partial charge in [-0.05, 0) is 20.8 Å². The highest BCUT2D eigenvalue weighted by Crippen LogP contribution is 2.39. The summed E-state index contributed by atoms with van der Waals surface area (Å²) in [6, 6.07) is 0. The Labute approximate surface area is 111 Å². The minimum atomic E-state index is -1.27. The number of esters is 1. The number of aliphatic hydroxyl groups is 1. The Morgan fingerprint density at radius 1 is 1.37 bits per heavy atom. The van der Waals surface area contributed by atoms with Crippen molar-refractivity contribution in [3.05, 3.63) is 0 Å². The molecular formula is C12H19NO6. The number of aliphatic hydroxyl groups excluding tert-OH is 1. The quantitative estimate of drug-likeness (QED) is 0.647. The molecule has 0 saturated carbocycles. The molecule has 0 spiro atoms. The van der Waals surface area contributed by atoms with Crippen LogP contribution in [0.4, 0.5) is 0 Å². The third-order valence-corrected chi connectivity index (χ3v) is 3.36. The molecule has 2 N–H and O–H groups in total. The van der Waals surface area contributed by atoms with Crippen LogP contribution in [0.1, 0.15) is 27.7 Å². The number of rotatable bonds is 2. The van der Waals surface area contributed by atoms with Gasteiger partial charge in [0.2, 0.25) is 5.91 Å². The van der Waals surface area contributed by atoms with Crippen molar-refractivity contribution in [1.82, 2.24) is 5.32 Å². The van der Waals surface area contributed by atoms with E-state index in [9.17, 15) is 14.7 Å². The highest BCUT2D eigenvalue weighted by atomic mass is 16.7. The first kappa shape index (κ1) is 14.2. The summed E-state index contributed by atoms with van der Waals surface area (Å²) in [5.74, 6) is -1.91. The second-order valence-corrected chi connectivity index (χ2v) is 5.53. The summed E-state index contributed by atoms with van der Waals surface area (Å²) < 4.78 is 16.5. The fourth-order valence-corrected chi connectivity index (χ4v) is 2.60. The Morgan fingerprint density at radius 2 is 2.00 bits per heavy atom. The highest BCUT2D eigenvalue weighted by Gasteiger charge is 2.62. The van der Waals surface area contributed by atoms with E-state index >= 15 is 0 Å². The fraction of sp³-hybridized carbons (Fsp3) is 0.833. The van der Waals surface area contributed by atoms with Gasteiger partial charge in [0.05, 0.1) is 6.61 Å². The van der Waals surface area contributed by atoms with Crippen LogP contribution in [-0.4, -0.2) is 53.2 Å². The van der Waals surface area contributed by atoms with Crippen molar-refractivity contribution in [2.45, 2.75) is 57.3 Å². The topological polar surface area (TPSA) is 94.1 Å². The normalized spacial score (nSPS) is 40.5. The number of hydrogen-bond acceptors (Lipinski definition) is 6. The van der Waals surface area contributed by atoms with E-state index in [1.165, 1.54) is 6.92 Å². The zero-order chi connectivity index (χ0) is 14.4. The number of hydrogen-bond donors (Lipinski definition) is 2. The molecule has 1 amide bonds. The van der Waals surface area contributed by atoms with Crippen LogP contribution in [0.15, 0.2) is 0 Å². The van der Waals surface area contributed by atoms with E-state index in [-0.39, 0.29) is 12.5 Å². The van der Waals surface area contributed by atoms with E-state index < -0.39 is 35.6 Å². The lowest BCUT2D eigenvalue weighted by Gasteiger charge is -2.44. The van der Waals surface area contributed by atoms with Gasteiger partial charge >= 0.3 is 5.97 Å². The van der Waals surface area contributed by atoms with Gasteiger partial charge in [-0.2, -0.15) is 0 Å².